The van der Waals surface area contributed by atoms with Crippen molar-refractivity contribution < 1.29 is 22.6 Å². The third-order valence-corrected chi connectivity index (χ3v) is 5.54. The molecule has 2 aromatic heterocycles. The highest BCUT2D eigenvalue weighted by Crippen LogP contribution is 2.32. The predicted octanol–water partition coefficient (Wildman–Crippen LogP) is 3.91. The molecule has 0 spiro atoms. The van der Waals surface area contributed by atoms with Crippen molar-refractivity contribution in [3.8, 4) is 6.01 Å². The Labute approximate surface area is 195 Å². The predicted molar refractivity (Wildman–Crippen MR) is 124 cm³/mol. The quantitative estimate of drug-likeness (QED) is 0.354. The molecule has 1 aliphatic heterocycles. The van der Waals surface area contributed by atoms with Gasteiger partial charge in [-0.3, -0.25) is 0 Å². The third kappa shape index (κ3) is 5.77. The average Bonchev–Trinajstić information content (AvgIpc) is 3.33. The minimum atomic E-state index is -4.45. The first-order chi connectivity index (χ1) is 16.3. The smallest absolute Gasteiger partial charge is 0.416 e. The van der Waals surface area contributed by atoms with E-state index in [2.05, 4.69) is 25.2 Å². The molecule has 3 N–H and O–H groups in total. The molecule has 0 atom stereocenters. The fraction of sp³-hybridized carbons (Fsp3) is 0.435. The number of fused-ring (bicyclic) bond motifs is 1. The van der Waals surface area contributed by atoms with Crippen molar-refractivity contribution in [2.45, 2.75) is 25.4 Å². The Morgan fingerprint density at radius 2 is 1.88 bits per heavy atom. The number of aromatic nitrogens is 3. The van der Waals surface area contributed by atoms with Crippen LogP contribution < -0.4 is 20.7 Å². The number of halogens is 3. The highest BCUT2D eigenvalue weighted by molar-refractivity contribution is 5.90. The van der Waals surface area contributed by atoms with Gasteiger partial charge in [-0.1, -0.05) is 0 Å². The minimum Gasteiger partial charge on any atom is -0.461 e. The van der Waals surface area contributed by atoms with Crippen LogP contribution >= 0.6 is 0 Å². The maximum absolute atomic E-state index is 13.1. The Morgan fingerprint density at radius 1 is 1.09 bits per heavy atom. The lowest BCUT2D eigenvalue weighted by atomic mass is 10.1. The molecule has 0 aliphatic carbocycles. The van der Waals surface area contributed by atoms with Crippen molar-refractivity contribution in [3.63, 3.8) is 0 Å². The molecular weight excluding hydrogens is 449 g/mol. The Balaban J connectivity index is 1.57. The molecule has 8 nitrogen and oxygen atoms in total. The number of hydrogen-bond donors (Lipinski definition) is 2. The molecule has 34 heavy (non-hydrogen) atoms. The maximum atomic E-state index is 13.1. The third-order valence-electron chi connectivity index (χ3n) is 5.54. The van der Waals surface area contributed by atoms with Crippen LogP contribution in [0.1, 0.15) is 24.0 Å². The zero-order valence-electron chi connectivity index (χ0n) is 18.9. The summed E-state index contributed by atoms with van der Waals surface area (Å²) in [6.07, 6.45) is -0.203. The summed E-state index contributed by atoms with van der Waals surface area (Å²) in [5.74, 6) is 1.37. The summed E-state index contributed by atoms with van der Waals surface area (Å²) in [7, 11) is 1.57. The van der Waals surface area contributed by atoms with E-state index in [0.717, 1.165) is 49.3 Å². The second-order valence-corrected chi connectivity index (χ2v) is 8.09. The summed E-state index contributed by atoms with van der Waals surface area (Å²) in [6, 6.07) is 5.70. The van der Waals surface area contributed by atoms with Crippen LogP contribution in [0.3, 0.4) is 0 Å². The Hall–Kier alpha value is -3.34. The molecule has 1 fully saturated rings. The van der Waals surface area contributed by atoms with Crippen LogP contribution in [0.25, 0.3) is 10.9 Å². The molecule has 0 radical (unpaired) electrons. The van der Waals surface area contributed by atoms with E-state index in [-0.39, 0.29) is 18.3 Å². The number of pyridine rings is 1. The van der Waals surface area contributed by atoms with Crippen LogP contribution in [0.15, 0.2) is 30.5 Å². The standard InChI is InChI=1S/C23H27F3N6O2/c1-33-8-9-34-22-30-19-14-29-20(32-6-2-3-7-32)13-18(19)21(31-22)28-5-4-15-10-16(23(24,25)26)12-17(27)11-15/h10-14H,2-9,27H2,1H3,(H,28,30,31). The molecule has 0 bridgehead atoms. The van der Waals surface area contributed by atoms with Crippen molar-refractivity contribution in [2.24, 2.45) is 0 Å². The van der Waals surface area contributed by atoms with Crippen molar-refractivity contribution in [2.75, 3.05) is 55.9 Å². The molecule has 4 rings (SSSR count). The van der Waals surface area contributed by atoms with E-state index in [4.69, 9.17) is 15.2 Å². The van der Waals surface area contributed by atoms with Crippen molar-refractivity contribution >= 4 is 28.2 Å². The van der Waals surface area contributed by atoms with Gasteiger partial charge in [-0.15, -0.1) is 0 Å². The number of anilines is 3. The van der Waals surface area contributed by atoms with Gasteiger partial charge in [-0.25, -0.2) is 4.98 Å². The molecular formula is C23H27F3N6O2. The summed E-state index contributed by atoms with van der Waals surface area (Å²) in [4.78, 5) is 15.7. The topological polar surface area (TPSA) is 98.4 Å². The van der Waals surface area contributed by atoms with E-state index >= 15 is 0 Å². The lowest BCUT2D eigenvalue weighted by Gasteiger charge is -2.18. The Bertz CT molecular complexity index is 1140. The zero-order valence-corrected chi connectivity index (χ0v) is 18.9. The molecule has 3 aromatic rings. The van der Waals surface area contributed by atoms with Gasteiger partial charge in [0, 0.05) is 37.8 Å². The lowest BCUT2D eigenvalue weighted by Crippen LogP contribution is -2.19. The number of hydrogen-bond acceptors (Lipinski definition) is 8. The van der Waals surface area contributed by atoms with Gasteiger partial charge in [0.15, 0.2) is 0 Å². The van der Waals surface area contributed by atoms with E-state index in [9.17, 15) is 13.2 Å². The largest absolute Gasteiger partial charge is 0.461 e. The molecule has 182 valence electrons. The van der Waals surface area contributed by atoms with E-state index in [1.165, 1.54) is 0 Å². The highest BCUT2D eigenvalue weighted by Gasteiger charge is 2.31. The van der Waals surface area contributed by atoms with Crippen LogP contribution in [0.2, 0.25) is 0 Å². The van der Waals surface area contributed by atoms with Crippen LogP contribution in [-0.4, -0.2) is 54.9 Å². The van der Waals surface area contributed by atoms with Gasteiger partial charge >= 0.3 is 12.2 Å². The van der Waals surface area contributed by atoms with E-state index in [1.807, 2.05) is 6.07 Å². The summed E-state index contributed by atoms with van der Waals surface area (Å²) in [6.45, 7) is 2.89. The minimum absolute atomic E-state index is 0.0764. The second kappa shape index (κ2) is 10.3. The van der Waals surface area contributed by atoms with Crippen molar-refractivity contribution in [1.82, 2.24) is 15.0 Å². The maximum Gasteiger partial charge on any atom is 0.416 e. The van der Waals surface area contributed by atoms with Gasteiger partial charge < -0.3 is 25.4 Å². The van der Waals surface area contributed by atoms with Crippen LogP contribution in [-0.2, 0) is 17.3 Å². The van der Waals surface area contributed by atoms with Crippen LogP contribution in [0.4, 0.5) is 30.5 Å². The SMILES string of the molecule is COCCOc1nc(NCCc2cc(N)cc(C(F)(F)F)c2)c2cc(N3CCCC3)ncc2n1. The molecule has 3 heterocycles. The average molecular weight is 477 g/mol. The zero-order chi connectivity index (χ0) is 24.1. The number of nitrogen functional groups attached to an aromatic ring is 1. The summed E-state index contributed by atoms with van der Waals surface area (Å²) in [5, 5.41) is 4.00. The molecule has 1 aliphatic rings. The molecule has 1 aromatic carbocycles. The van der Waals surface area contributed by atoms with Crippen molar-refractivity contribution in [3.05, 3.63) is 41.6 Å². The molecule has 1 saturated heterocycles. The second-order valence-electron chi connectivity index (χ2n) is 8.09. The monoisotopic (exact) mass is 476 g/mol. The van der Waals surface area contributed by atoms with Crippen LogP contribution in [0.5, 0.6) is 6.01 Å². The molecule has 0 unspecified atom stereocenters. The van der Waals surface area contributed by atoms with Crippen LogP contribution in [0, 0.1) is 0 Å². The number of rotatable bonds is 9. The van der Waals surface area contributed by atoms with Gasteiger partial charge in [0.2, 0.25) is 0 Å². The van der Waals surface area contributed by atoms with E-state index in [0.29, 0.717) is 36.5 Å². The number of benzene rings is 1. The highest BCUT2D eigenvalue weighted by atomic mass is 19.4. The Kier molecular flexibility index (Phi) is 7.20. The van der Waals surface area contributed by atoms with Gasteiger partial charge in [0.05, 0.1) is 23.9 Å². The van der Waals surface area contributed by atoms with Gasteiger partial charge in [0.25, 0.3) is 0 Å². The fourth-order valence-electron chi connectivity index (χ4n) is 3.89. The number of nitrogens with zero attached hydrogens (tertiary/aromatic N) is 4. The number of methoxy groups -OCH3 is 1. The molecule has 0 saturated carbocycles. The number of ether oxygens (including phenoxy) is 2. The Morgan fingerprint density at radius 3 is 2.62 bits per heavy atom. The van der Waals surface area contributed by atoms with E-state index in [1.54, 1.807) is 19.4 Å². The number of nitrogens with one attached hydrogen (secondary N) is 1. The van der Waals surface area contributed by atoms with Crippen molar-refractivity contribution in [1.29, 1.82) is 0 Å². The summed E-state index contributed by atoms with van der Waals surface area (Å²) in [5.41, 5.74) is 6.09. The first-order valence-corrected chi connectivity index (χ1v) is 11.1. The number of alkyl halides is 3. The molecule has 11 heteroatoms. The lowest BCUT2D eigenvalue weighted by molar-refractivity contribution is -0.137. The first-order valence-electron chi connectivity index (χ1n) is 11.1. The van der Waals surface area contributed by atoms with Gasteiger partial charge in [-0.05, 0) is 49.1 Å². The van der Waals surface area contributed by atoms with Gasteiger partial charge in [-0.2, -0.15) is 23.1 Å². The van der Waals surface area contributed by atoms with Gasteiger partial charge in [0.1, 0.15) is 18.2 Å². The normalized spacial score (nSPS) is 14.1. The number of nitrogens with two attached hydrogens (primary N) is 1. The first kappa shape index (κ1) is 23.8. The van der Waals surface area contributed by atoms with E-state index < -0.39 is 11.7 Å². The summed E-state index contributed by atoms with van der Waals surface area (Å²) >= 11 is 0. The molecule has 0 amide bonds. The summed E-state index contributed by atoms with van der Waals surface area (Å²) < 4.78 is 50.0. The fourth-order valence-corrected chi connectivity index (χ4v) is 3.89.